The number of benzene rings is 4. The normalized spacial score (nSPS) is 11.1. The first kappa shape index (κ1) is 25.0. The number of ether oxygens (including phenoxy) is 2. The SMILES string of the molecule is COc1cc(/C=N\NC(=O)Cc2cccc3ccccc23)cc(Br)c1OCc1ccc(Cl)cc1Cl. The Kier molecular flexibility index (Phi) is 8.29. The van der Waals surface area contributed by atoms with Crippen molar-refractivity contribution in [1.82, 2.24) is 5.43 Å². The van der Waals surface area contributed by atoms with Crippen molar-refractivity contribution in [3.63, 3.8) is 0 Å². The number of hydrogen-bond donors (Lipinski definition) is 1. The summed E-state index contributed by atoms with van der Waals surface area (Å²) in [7, 11) is 1.55. The lowest BCUT2D eigenvalue weighted by atomic mass is 10.0. The van der Waals surface area contributed by atoms with E-state index >= 15 is 0 Å². The predicted molar refractivity (Wildman–Crippen MR) is 145 cm³/mol. The van der Waals surface area contributed by atoms with Crippen LogP contribution in [0.25, 0.3) is 10.8 Å². The fourth-order valence-electron chi connectivity index (χ4n) is 3.58. The highest BCUT2D eigenvalue weighted by Crippen LogP contribution is 2.37. The third-order valence-corrected chi connectivity index (χ3v) is 6.45. The van der Waals surface area contributed by atoms with Gasteiger partial charge in [-0.25, -0.2) is 5.43 Å². The van der Waals surface area contributed by atoms with Crippen LogP contribution in [0, 0.1) is 0 Å². The zero-order valence-corrected chi connectivity index (χ0v) is 21.8. The maximum atomic E-state index is 12.5. The van der Waals surface area contributed by atoms with Crippen molar-refractivity contribution in [3.8, 4) is 11.5 Å². The van der Waals surface area contributed by atoms with Gasteiger partial charge in [0.25, 0.3) is 0 Å². The van der Waals surface area contributed by atoms with E-state index < -0.39 is 0 Å². The maximum Gasteiger partial charge on any atom is 0.244 e. The molecule has 1 amide bonds. The molecule has 0 aromatic heterocycles. The van der Waals surface area contributed by atoms with Crippen LogP contribution in [0.4, 0.5) is 0 Å². The second-order valence-electron chi connectivity index (χ2n) is 7.67. The van der Waals surface area contributed by atoms with Crippen molar-refractivity contribution >= 4 is 62.0 Å². The van der Waals surface area contributed by atoms with E-state index in [0.29, 0.717) is 26.0 Å². The van der Waals surface area contributed by atoms with Gasteiger partial charge in [-0.1, -0.05) is 71.7 Å². The summed E-state index contributed by atoms with van der Waals surface area (Å²) in [6.45, 7) is 0.239. The number of hydrazone groups is 1. The van der Waals surface area contributed by atoms with E-state index in [1.807, 2.05) is 54.6 Å². The van der Waals surface area contributed by atoms with E-state index in [0.717, 1.165) is 27.5 Å². The summed E-state index contributed by atoms with van der Waals surface area (Å²) >= 11 is 15.7. The van der Waals surface area contributed by atoms with Crippen molar-refractivity contribution in [1.29, 1.82) is 0 Å². The number of nitrogens with one attached hydrogen (secondary N) is 1. The van der Waals surface area contributed by atoms with E-state index in [4.69, 9.17) is 32.7 Å². The largest absolute Gasteiger partial charge is 0.493 e. The van der Waals surface area contributed by atoms with E-state index in [2.05, 4.69) is 26.5 Å². The number of nitrogens with zero attached hydrogens (tertiary/aromatic N) is 1. The second kappa shape index (κ2) is 11.6. The summed E-state index contributed by atoms with van der Waals surface area (Å²) in [6.07, 6.45) is 1.78. The summed E-state index contributed by atoms with van der Waals surface area (Å²) in [5.41, 5.74) is 5.05. The van der Waals surface area contributed by atoms with E-state index in [1.165, 1.54) is 0 Å². The molecule has 1 N–H and O–H groups in total. The third-order valence-electron chi connectivity index (χ3n) is 5.27. The number of amides is 1. The van der Waals surface area contributed by atoms with Gasteiger partial charge in [-0.3, -0.25) is 4.79 Å². The van der Waals surface area contributed by atoms with Crippen LogP contribution in [0.2, 0.25) is 10.0 Å². The molecular weight excluding hydrogens is 551 g/mol. The van der Waals surface area contributed by atoms with Crippen LogP contribution in [0.3, 0.4) is 0 Å². The first-order valence-electron chi connectivity index (χ1n) is 10.7. The van der Waals surface area contributed by atoms with Crippen molar-refractivity contribution in [3.05, 3.63) is 104 Å². The molecule has 0 fully saturated rings. The summed E-state index contributed by atoms with van der Waals surface area (Å²) in [5, 5.41) is 7.34. The molecule has 0 saturated carbocycles. The van der Waals surface area contributed by atoms with Crippen LogP contribution in [-0.2, 0) is 17.8 Å². The number of carbonyl (C=O) groups is 1. The molecule has 8 heteroatoms. The standard InChI is InChI=1S/C27H21BrCl2N2O3/c1-34-25-12-17(11-23(28)27(25)35-16-20-9-10-21(29)14-24(20)30)15-31-32-26(33)13-19-7-4-6-18-5-2-3-8-22(18)19/h2-12,14-15H,13,16H2,1H3,(H,32,33)/b31-15-. The quantitative estimate of drug-likeness (QED) is 0.180. The molecular formula is C27H21BrCl2N2O3. The van der Waals surface area contributed by atoms with Crippen LogP contribution in [0.15, 0.2) is 82.4 Å². The smallest absolute Gasteiger partial charge is 0.244 e. The number of fused-ring (bicyclic) bond motifs is 1. The van der Waals surface area contributed by atoms with Crippen LogP contribution in [-0.4, -0.2) is 19.2 Å². The minimum atomic E-state index is -0.205. The maximum absolute atomic E-state index is 12.5. The number of hydrogen-bond acceptors (Lipinski definition) is 4. The van der Waals surface area contributed by atoms with Gasteiger partial charge in [0.2, 0.25) is 5.91 Å². The van der Waals surface area contributed by atoms with Crippen LogP contribution < -0.4 is 14.9 Å². The Balaban J connectivity index is 1.42. The van der Waals surface area contributed by atoms with Crippen LogP contribution in [0.1, 0.15) is 16.7 Å². The highest BCUT2D eigenvalue weighted by atomic mass is 79.9. The van der Waals surface area contributed by atoms with Crippen LogP contribution in [0.5, 0.6) is 11.5 Å². The van der Waals surface area contributed by atoms with Gasteiger partial charge in [-0.05, 0) is 62.1 Å². The van der Waals surface area contributed by atoms with Gasteiger partial charge in [0, 0.05) is 15.6 Å². The zero-order valence-electron chi connectivity index (χ0n) is 18.7. The molecule has 0 spiro atoms. The molecule has 178 valence electrons. The Morgan fingerprint density at radius 1 is 1.03 bits per heavy atom. The minimum Gasteiger partial charge on any atom is -0.493 e. The molecule has 0 saturated heterocycles. The molecule has 0 unspecified atom stereocenters. The number of carbonyl (C=O) groups excluding carboxylic acids is 1. The molecule has 5 nitrogen and oxygen atoms in total. The molecule has 4 aromatic rings. The molecule has 0 aliphatic rings. The molecule has 0 aliphatic carbocycles. The first-order valence-corrected chi connectivity index (χ1v) is 12.2. The van der Waals surface area contributed by atoms with E-state index in [9.17, 15) is 4.79 Å². The van der Waals surface area contributed by atoms with Crippen molar-refractivity contribution in [2.24, 2.45) is 5.10 Å². The van der Waals surface area contributed by atoms with Crippen molar-refractivity contribution in [2.45, 2.75) is 13.0 Å². The number of methoxy groups -OCH3 is 1. The Hall–Kier alpha value is -3.06. The van der Waals surface area contributed by atoms with Gasteiger partial charge in [0.1, 0.15) is 6.61 Å². The Morgan fingerprint density at radius 2 is 1.83 bits per heavy atom. The molecule has 0 aliphatic heterocycles. The Bertz CT molecular complexity index is 1400. The molecule has 0 heterocycles. The molecule has 0 radical (unpaired) electrons. The summed E-state index contributed by atoms with van der Waals surface area (Å²) in [5.74, 6) is 0.826. The Morgan fingerprint density at radius 3 is 2.63 bits per heavy atom. The topological polar surface area (TPSA) is 59.9 Å². The predicted octanol–water partition coefficient (Wildman–Crippen LogP) is 7.19. The lowest BCUT2D eigenvalue weighted by Gasteiger charge is -2.14. The molecule has 4 aromatic carbocycles. The second-order valence-corrected chi connectivity index (χ2v) is 9.36. The molecule has 0 atom stereocenters. The van der Waals surface area contributed by atoms with Gasteiger partial charge in [-0.2, -0.15) is 5.10 Å². The highest BCUT2D eigenvalue weighted by Gasteiger charge is 2.13. The van der Waals surface area contributed by atoms with Gasteiger partial charge in [0.05, 0.1) is 24.2 Å². The number of rotatable bonds is 8. The summed E-state index contributed by atoms with van der Waals surface area (Å²) in [6, 6.07) is 22.7. The van der Waals surface area contributed by atoms with Gasteiger partial charge < -0.3 is 9.47 Å². The van der Waals surface area contributed by atoms with Gasteiger partial charge in [-0.15, -0.1) is 0 Å². The average molecular weight is 572 g/mol. The fourth-order valence-corrected chi connectivity index (χ4v) is 4.62. The van der Waals surface area contributed by atoms with E-state index in [1.54, 1.807) is 31.5 Å². The lowest BCUT2D eigenvalue weighted by Crippen LogP contribution is -2.19. The average Bonchev–Trinajstić information content (AvgIpc) is 2.84. The third kappa shape index (κ3) is 6.34. The Labute approximate surface area is 221 Å². The highest BCUT2D eigenvalue weighted by molar-refractivity contribution is 9.10. The van der Waals surface area contributed by atoms with Crippen LogP contribution >= 0.6 is 39.1 Å². The zero-order chi connectivity index (χ0) is 24.8. The van der Waals surface area contributed by atoms with Crippen molar-refractivity contribution in [2.75, 3.05) is 7.11 Å². The van der Waals surface area contributed by atoms with Gasteiger partial charge >= 0.3 is 0 Å². The number of halogens is 3. The molecule has 4 rings (SSSR count). The summed E-state index contributed by atoms with van der Waals surface area (Å²) < 4.78 is 12.1. The summed E-state index contributed by atoms with van der Waals surface area (Å²) in [4.78, 5) is 12.5. The lowest BCUT2D eigenvalue weighted by molar-refractivity contribution is -0.120. The molecule has 0 bridgehead atoms. The fraction of sp³-hybridized carbons (Fsp3) is 0.111. The monoisotopic (exact) mass is 570 g/mol. The van der Waals surface area contributed by atoms with Crippen molar-refractivity contribution < 1.29 is 14.3 Å². The minimum absolute atomic E-state index is 0.205. The first-order chi connectivity index (χ1) is 16.9. The van der Waals surface area contributed by atoms with Gasteiger partial charge in [0.15, 0.2) is 11.5 Å². The van der Waals surface area contributed by atoms with E-state index in [-0.39, 0.29) is 18.9 Å². The molecule has 35 heavy (non-hydrogen) atoms.